The first kappa shape index (κ1) is 16.3. The van der Waals surface area contributed by atoms with Crippen LogP contribution in [0, 0.1) is 0 Å². The van der Waals surface area contributed by atoms with Crippen LogP contribution in [0.1, 0.15) is 12.8 Å². The van der Waals surface area contributed by atoms with Crippen LogP contribution >= 0.6 is 23.2 Å². The minimum absolute atomic E-state index is 0.0432. The summed E-state index contributed by atoms with van der Waals surface area (Å²) in [5, 5.41) is 0.366. The van der Waals surface area contributed by atoms with Gasteiger partial charge in [-0.25, -0.2) is 8.42 Å². The highest BCUT2D eigenvalue weighted by Gasteiger charge is 2.26. The van der Waals surface area contributed by atoms with Gasteiger partial charge in [0.25, 0.3) is 0 Å². The Hall–Kier alpha value is -1.11. The lowest BCUT2D eigenvalue weighted by Gasteiger charge is -2.25. The molecule has 8 heteroatoms. The Balaban J connectivity index is 2.11. The number of piperidine rings is 1. The molecule has 1 heterocycles. The van der Waals surface area contributed by atoms with Gasteiger partial charge in [-0.1, -0.05) is 23.2 Å². The average molecular weight is 350 g/mol. The van der Waals surface area contributed by atoms with Gasteiger partial charge in [0.15, 0.2) is 9.84 Å². The summed E-state index contributed by atoms with van der Waals surface area (Å²) in [6.07, 6.45) is 0.553. The molecule has 2 rings (SSSR count). The maximum atomic E-state index is 12.2. The fourth-order valence-corrected chi connectivity index (χ4v) is 3.62. The van der Waals surface area contributed by atoms with Gasteiger partial charge in [-0.3, -0.25) is 9.59 Å². The molecule has 1 aromatic carbocycles. The number of nitrogens with zero attached hydrogens (tertiary/aromatic N) is 1. The smallest absolute Gasteiger partial charge is 0.238 e. The summed E-state index contributed by atoms with van der Waals surface area (Å²) in [7, 11) is -3.78. The summed E-state index contributed by atoms with van der Waals surface area (Å²) in [4.78, 5) is 24.5. The third kappa shape index (κ3) is 3.96. The van der Waals surface area contributed by atoms with Crippen LogP contribution in [0.15, 0.2) is 23.1 Å². The third-order valence-electron chi connectivity index (χ3n) is 3.24. The first-order valence-electron chi connectivity index (χ1n) is 6.27. The van der Waals surface area contributed by atoms with Gasteiger partial charge < -0.3 is 4.90 Å². The molecule has 1 fully saturated rings. The number of sulfone groups is 1. The van der Waals surface area contributed by atoms with E-state index >= 15 is 0 Å². The number of Topliss-reactive ketones (excluding diaryl/α,β-unsaturated/α-hetero) is 1. The van der Waals surface area contributed by atoms with Crippen molar-refractivity contribution in [1.29, 1.82) is 0 Å². The highest BCUT2D eigenvalue weighted by Crippen LogP contribution is 2.25. The SMILES string of the molecule is O=C1CCN(C(=O)CS(=O)(=O)c2ccc(Cl)c(Cl)c2)CC1. The van der Waals surface area contributed by atoms with Crippen molar-refractivity contribution in [2.24, 2.45) is 0 Å². The minimum Gasteiger partial charge on any atom is -0.341 e. The van der Waals surface area contributed by atoms with E-state index in [1.165, 1.54) is 23.1 Å². The fraction of sp³-hybridized carbons (Fsp3) is 0.385. The summed E-state index contributed by atoms with van der Waals surface area (Å²) in [5.74, 6) is -1.06. The molecule has 0 aromatic heterocycles. The van der Waals surface area contributed by atoms with E-state index in [1.807, 2.05) is 0 Å². The molecule has 1 amide bonds. The van der Waals surface area contributed by atoms with E-state index in [0.717, 1.165) is 0 Å². The van der Waals surface area contributed by atoms with E-state index in [4.69, 9.17) is 23.2 Å². The summed E-state index contributed by atoms with van der Waals surface area (Å²) in [6.45, 7) is 0.545. The van der Waals surface area contributed by atoms with Crippen molar-refractivity contribution in [2.75, 3.05) is 18.8 Å². The van der Waals surface area contributed by atoms with Gasteiger partial charge in [0.05, 0.1) is 14.9 Å². The Morgan fingerprint density at radius 1 is 1.14 bits per heavy atom. The van der Waals surface area contributed by atoms with E-state index in [-0.39, 0.29) is 46.7 Å². The first-order chi connectivity index (χ1) is 9.79. The summed E-state index contributed by atoms with van der Waals surface area (Å²) >= 11 is 11.5. The van der Waals surface area contributed by atoms with Crippen LogP contribution in [0.3, 0.4) is 0 Å². The summed E-state index contributed by atoms with van der Waals surface area (Å²) < 4.78 is 24.4. The van der Waals surface area contributed by atoms with E-state index in [0.29, 0.717) is 0 Å². The van der Waals surface area contributed by atoms with Crippen LogP contribution < -0.4 is 0 Å². The van der Waals surface area contributed by atoms with Crippen LogP contribution in [0.4, 0.5) is 0 Å². The van der Waals surface area contributed by atoms with Crippen molar-refractivity contribution < 1.29 is 18.0 Å². The number of hydrogen-bond acceptors (Lipinski definition) is 4. The molecule has 0 atom stereocenters. The van der Waals surface area contributed by atoms with Crippen molar-refractivity contribution >= 4 is 44.7 Å². The molecule has 5 nitrogen and oxygen atoms in total. The third-order valence-corrected chi connectivity index (χ3v) is 5.58. The largest absolute Gasteiger partial charge is 0.341 e. The van der Waals surface area contributed by atoms with Crippen molar-refractivity contribution in [2.45, 2.75) is 17.7 Å². The molecule has 0 bridgehead atoms. The highest BCUT2D eigenvalue weighted by molar-refractivity contribution is 7.92. The van der Waals surface area contributed by atoms with Crippen molar-refractivity contribution in [3.05, 3.63) is 28.2 Å². The number of halogens is 2. The molecule has 0 aliphatic carbocycles. The normalized spacial score (nSPS) is 16.1. The van der Waals surface area contributed by atoms with E-state index in [1.54, 1.807) is 0 Å². The van der Waals surface area contributed by atoms with Gasteiger partial charge in [0.1, 0.15) is 11.5 Å². The van der Waals surface area contributed by atoms with Crippen molar-refractivity contribution in [3.8, 4) is 0 Å². The molecule has 1 aliphatic rings. The number of carbonyl (C=O) groups excluding carboxylic acids is 2. The van der Waals surface area contributed by atoms with E-state index in [2.05, 4.69) is 0 Å². The quantitative estimate of drug-likeness (QED) is 0.836. The molecular weight excluding hydrogens is 337 g/mol. The molecular formula is C13H13Cl2NO4S. The van der Waals surface area contributed by atoms with E-state index in [9.17, 15) is 18.0 Å². The molecule has 21 heavy (non-hydrogen) atoms. The topological polar surface area (TPSA) is 71.5 Å². The van der Waals surface area contributed by atoms with Gasteiger partial charge in [0, 0.05) is 25.9 Å². The number of carbonyl (C=O) groups is 2. The predicted octanol–water partition coefficient (Wildman–Crippen LogP) is 1.96. The maximum absolute atomic E-state index is 12.2. The van der Waals surface area contributed by atoms with Crippen LogP contribution in [0.2, 0.25) is 10.0 Å². The Bertz CT molecular complexity index is 677. The number of benzene rings is 1. The lowest BCUT2D eigenvalue weighted by atomic mass is 10.1. The van der Waals surface area contributed by atoms with Gasteiger partial charge in [-0.15, -0.1) is 0 Å². The zero-order valence-corrected chi connectivity index (χ0v) is 13.3. The van der Waals surface area contributed by atoms with Crippen LogP contribution in [-0.4, -0.2) is 43.9 Å². The Morgan fingerprint density at radius 3 is 2.33 bits per heavy atom. The van der Waals surface area contributed by atoms with Crippen molar-refractivity contribution in [3.63, 3.8) is 0 Å². The second-order valence-electron chi connectivity index (χ2n) is 4.75. The van der Waals surface area contributed by atoms with Gasteiger partial charge in [0.2, 0.25) is 5.91 Å². The molecule has 0 saturated carbocycles. The second-order valence-corrected chi connectivity index (χ2v) is 7.56. The number of rotatable bonds is 3. The minimum atomic E-state index is -3.78. The van der Waals surface area contributed by atoms with E-state index < -0.39 is 21.5 Å². The molecule has 0 unspecified atom stereocenters. The van der Waals surface area contributed by atoms with Crippen LogP contribution in [0.5, 0.6) is 0 Å². The lowest BCUT2D eigenvalue weighted by Crippen LogP contribution is -2.41. The lowest BCUT2D eigenvalue weighted by molar-refractivity contribution is -0.132. The van der Waals surface area contributed by atoms with Crippen LogP contribution in [-0.2, 0) is 19.4 Å². The molecule has 114 valence electrons. The zero-order chi connectivity index (χ0) is 15.6. The molecule has 0 spiro atoms. The molecule has 1 saturated heterocycles. The van der Waals surface area contributed by atoms with Gasteiger partial charge >= 0.3 is 0 Å². The second kappa shape index (κ2) is 6.34. The molecule has 0 radical (unpaired) electrons. The van der Waals surface area contributed by atoms with Crippen LogP contribution in [0.25, 0.3) is 0 Å². The molecule has 0 N–H and O–H groups in total. The summed E-state index contributed by atoms with van der Waals surface area (Å²) in [6, 6.07) is 3.92. The Morgan fingerprint density at radius 2 is 1.76 bits per heavy atom. The Kier molecular flexibility index (Phi) is 4.91. The maximum Gasteiger partial charge on any atom is 0.238 e. The number of hydrogen-bond donors (Lipinski definition) is 0. The number of amides is 1. The first-order valence-corrected chi connectivity index (χ1v) is 8.68. The number of ketones is 1. The van der Waals surface area contributed by atoms with Gasteiger partial charge in [-0.05, 0) is 18.2 Å². The standard InChI is InChI=1S/C13H13Cl2NO4S/c14-11-2-1-10(7-12(11)15)21(19,20)8-13(18)16-5-3-9(17)4-6-16/h1-2,7H,3-6,8H2. The molecule has 1 aliphatic heterocycles. The molecule has 1 aromatic rings. The fourth-order valence-electron chi connectivity index (χ4n) is 2.01. The van der Waals surface area contributed by atoms with Gasteiger partial charge in [-0.2, -0.15) is 0 Å². The van der Waals surface area contributed by atoms with Crippen molar-refractivity contribution in [1.82, 2.24) is 4.90 Å². The average Bonchev–Trinajstić information content (AvgIpc) is 2.42. The number of likely N-dealkylation sites (tertiary alicyclic amines) is 1. The monoisotopic (exact) mass is 349 g/mol. The Labute approximate surface area is 132 Å². The zero-order valence-electron chi connectivity index (χ0n) is 11.0. The highest BCUT2D eigenvalue weighted by atomic mass is 35.5. The predicted molar refractivity (Wildman–Crippen MR) is 79.3 cm³/mol. The summed E-state index contributed by atoms with van der Waals surface area (Å²) in [5.41, 5.74) is 0.